The first kappa shape index (κ1) is 16.8. The van der Waals surface area contributed by atoms with Crippen LogP contribution in [-0.4, -0.2) is 28.5 Å². The average molecular weight is 337 g/mol. The molecule has 1 aromatic carbocycles. The Bertz CT molecular complexity index is 614. The molecule has 1 amide bonds. The summed E-state index contributed by atoms with van der Waals surface area (Å²) in [6.07, 6.45) is 2.93. The highest BCUT2D eigenvalue weighted by Crippen LogP contribution is 2.23. The Morgan fingerprint density at radius 2 is 2.05 bits per heavy atom. The molecule has 118 valence electrons. The van der Waals surface area contributed by atoms with E-state index in [9.17, 15) is 4.79 Å². The summed E-state index contributed by atoms with van der Waals surface area (Å²) in [5.74, 6) is 0.493. The van der Waals surface area contributed by atoms with Crippen molar-refractivity contribution in [2.24, 2.45) is 0 Å². The Kier molecular flexibility index (Phi) is 6.21. The van der Waals surface area contributed by atoms with E-state index >= 15 is 0 Å². The van der Waals surface area contributed by atoms with Crippen molar-refractivity contribution in [3.8, 4) is 5.75 Å². The van der Waals surface area contributed by atoms with Gasteiger partial charge in [0.2, 0.25) is 5.13 Å². The summed E-state index contributed by atoms with van der Waals surface area (Å²) in [7, 11) is 0. The minimum atomic E-state index is -0.547. The van der Waals surface area contributed by atoms with Crippen LogP contribution >= 0.6 is 23.1 Å². The molecule has 0 spiro atoms. The summed E-state index contributed by atoms with van der Waals surface area (Å²) in [6, 6.07) is 7.81. The first-order chi connectivity index (χ1) is 10.7. The Morgan fingerprint density at radius 3 is 2.59 bits per heavy atom. The molecule has 0 bridgehead atoms. The van der Waals surface area contributed by atoms with E-state index in [2.05, 4.69) is 22.4 Å². The van der Waals surface area contributed by atoms with Crippen molar-refractivity contribution in [2.45, 2.75) is 37.1 Å². The maximum absolute atomic E-state index is 12.3. The first-order valence-corrected chi connectivity index (χ1v) is 9.14. The summed E-state index contributed by atoms with van der Waals surface area (Å²) in [6.45, 7) is 4.02. The molecule has 1 unspecified atom stereocenters. The van der Waals surface area contributed by atoms with Gasteiger partial charge in [0.15, 0.2) is 10.4 Å². The molecule has 2 rings (SSSR count). The second-order valence-electron chi connectivity index (χ2n) is 4.58. The topological polar surface area (TPSA) is 64.1 Å². The van der Waals surface area contributed by atoms with Gasteiger partial charge in [-0.2, -0.15) is 0 Å². The number of thioether (sulfide) groups is 1. The Balaban J connectivity index is 1.98. The summed E-state index contributed by atoms with van der Waals surface area (Å²) in [5.41, 5.74) is 1.24. The molecule has 0 fully saturated rings. The van der Waals surface area contributed by atoms with Gasteiger partial charge in [-0.05, 0) is 36.8 Å². The Labute approximate surface area is 138 Å². The van der Waals surface area contributed by atoms with Crippen LogP contribution in [0.5, 0.6) is 5.75 Å². The summed E-state index contributed by atoms with van der Waals surface area (Å²) in [4.78, 5) is 12.3. The average Bonchev–Trinajstić information content (AvgIpc) is 3.00. The van der Waals surface area contributed by atoms with Gasteiger partial charge in [-0.1, -0.05) is 49.1 Å². The monoisotopic (exact) mass is 337 g/mol. The van der Waals surface area contributed by atoms with Crippen LogP contribution in [0.15, 0.2) is 28.6 Å². The fourth-order valence-corrected chi connectivity index (χ4v) is 2.99. The number of carbonyl (C=O) groups is 1. The molecule has 0 saturated heterocycles. The van der Waals surface area contributed by atoms with Crippen molar-refractivity contribution < 1.29 is 9.53 Å². The van der Waals surface area contributed by atoms with Gasteiger partial charge < -0.3 is 4.74 Å². The summed E-state index contributed by atoms with van der Waals surface area (Å²) in [5, 5.41) is 11.1. The van der Waals surface area contributed by atoms with Crippen molar-refractivity contribution in [3.63, 3.8) is 0 Å². The zero-order valence-corrected chi connectivity index (χ0v) is 14.5. The van der Waals surface area contributed by atoms with Crippen molar-refractivity contribution in [3.05, 3.63) is 29.8 Å². The number of amides is 1. The number of carbonyl (C=O) groups excluding carboxylic acids is 1. The lowest BCUT2D eigenvalue weighted by Crippen LogP contribution is -2.32. The van der Waals surface area contributed by atoms with Crippen LogP contribution in [0.2, 0.25) is 0 Å². The van der Waals surface area contributed by atoms with E-state index in [1.165, 1.54) is 28.7 Å². The van der Waals surface area contributed by atoms with E-state index in [0.717, 1.165) is 10.8 Å². The third-order valence-corrected chi connectivity index (χ3v) is 4.90. The van der Waals surface area contributed by atoms with E-state index in [0.29, 0.717) is 17.3 Å². The predicted octanol–water partition coefficient (Wildman–Crippen LogP) is 3.62. The van der Waals surface area contributed by atoms with Crippen molar-refractivity contribution in [1.82, 2.24) is 10.2 Å². The molecule has 1 heterocycles. The lowest BCUT2D eigenvalue weighted by molar-refractivity contribution is -0.122. The zero-order chi connectivity index (χ0) is 15.9. The molecule has 0 radical (unpaired) electrons. The van der Waals surface area contributed by atoms with E-state index in [1.54, 1.807) is 0 Å². The number of hydrogen-bond acceptors (Lipinski definition) is 6. The Morgan fingerprint density at radius 1 is 1.32 bits per heavy atom. The van der Waals surface area contributed by atoms with Gasteiger partial charge in [-0.25, -0.2) is 0 Å². The minimum absolute atomic E-state index is 0.203. The fraction of sp³-hybridized carbons (Fsp3) is 0.400. The van der Waals surface area contributed by atoms with Gasteiger partial charge in [0.05, 0.1) is 0 Å². The lowest BCUT2D eigenvalue weighted by Gasteiger charge is -2.16. The van der Waals surface area contributed by atoms with Gasteiger partial charge in [0.1, 0.15) is 5.75 Å². The van der Waals surface area contributed by atoms with Crippen LogP contribution in [0.1, 0.15) is 25.8 Å². The van der Waals surface area contributed by atoms with E-state index in [-0.39, 0.29) is 5.91 Å². The van der Waals surface area contributed by atoms with Crippen LogP contribution in [0.3, 0.4) is 0 Å². The second kappa shape index (κ2) is 8.14. The number of nitrogens with one attached hydrogen (secondary N) is 1. The van der Waals surface area contributed by atoms with Crippen LogP contribution in [0.25, 0.3) is 0 Å². The standard InChI is InChI=1S/C15H19N3O2S2/c1-4-10-6-8-11(9-7-10)20-12(5-2)13(19)16-14-17-18-15(21-3)22-14/h6-9,12H,4-5H2,1-3H3,(H,16,17,19). The molecule has 0 saturated carbocycles. The smallest absolute Gasteiger partial charge is 0.267 e. The number of rotatable bonds is 7. The van der Waals surface area contributed by atoms with Crippen LogP contribution in [0.4, 0.5) is 5.13 Å². The minimum Gasteiger partial charge on any atom is -0.481 e. The Hall–Kier alpha value is -1.60. The largest absolute Gasteiger partial charge is 0.481 e. The molecule has 7 heteroatoms. The highest BCUT2D eigenvalue weighted by Gasteiger charge is 2.20. The molecule has 1 atom stereocenters. The number of ether oxygens (including phenoxy) is 1. The molecular formula is C15H19N3O2S2. The number of nitrogens with zero attached hydrogens (tertiary/aromatic N) is 2. The molecule has 0 aliphatic rings. The number of hydrogen-bond donors (Lipinski definition) is 1. The second-order valence-corrected chi connectivity index (χ2v) is 6.61. The SMILES string of the molecule is CCc1ccc(OC(CC)C(=O)Nc2nnc(SC)s2)cc1. The van der Waals surface area contributed by atoms with Crippen molar-refractivity contribution in [1.29, 1.82) is 0 Å². The van der Waals surface area contributed by atoms with E-state index < -0.39 is 6.10 Å². The zero-order valence-electron chi connectivity index (χ0n) is 12.8. The predicted molar refractivity (Wildman–Crippen MR) is 90.8 cm³/mol. The maximum atomic E-state index is 12.3. The van der Waals surface area contributed by atoms with Crippen molar-refractivity contribution in [2.75, 3.05) is 11.6 Å². The quantitative estimate of drug-likeness (QED) is 0.617. The number of aryl methyl sites for hydroxylation is 1. The molecule has 0 aliphatic heterocycles. The van der Waals surface area contributed by atoms with Crippen LogP contribution in [-0.2, 0) is 11.2 Å². The van der Waals surface area contributed by atoms with Crippen LogP contribution < -0.4 is 10.1 Å². The molecule has 2 aromatic rings. The molecule has 1 aromatic heterocycles. The van der Waals surface area contributed by atoms with E-state index in [4.69, 9.17) is 4.74 Å². The van der Waals surface area contributed by atoms with Gasteiger partial charge in [0.25, 0.3) is 5.91 Å². The molecule has 22 heavy (non-hydrogen) atoms. The molecule has 0 aliphatic carbocycles. The lowest BCUT2D eigenvalue weighted by atomic mass is 10.2. The number of aromatic nitrogens is 2. The third kappa shape index (κ3) is 4.45. The summed E-state index contributed by atoms with van der Waals surface area (Å²) >= 11 is 2.85. The maximum Gasteiger partial charge on any atom is 0.267 e. The number of benzene rings is 1. The number of anilines is 1. The van der Waals surface area contributed by atoms with Gasteiger partial charge >= 0.3 is 0 Å². The summed E-state index contributed by atoms with van der Waals surface area (Å²) < 4.78 is 6.59. The highest BCUT2D eigenvalue weighted by atomic mass is 32.2. The molecule has 5 nitrogen and oxygen atoms in total. The van der Waals surface area contributed by atoms with Gasteiger partial charge in [-0.3, -0.25) is 10.1 Å². The van der Waals surface area contributed by atoms with Gasteiger partial charge in [0, 0.05) is 0 Å². The normalized spacial score (nSPS) is 12.0. The third-order valence-electron chi connectivity index (χ3n) is 3.08. The van der Waals surface area contributed by atoms with Crippen molar-refractivity contribution >= 4 is 34.1 Å². The molecular weight excluding hydrogens is 318 g/mol. The first-order valence-electron chi connectivity index (χ1n) is 7.10. The molecule has 1 N–H and O–H groups in total. The van der Waals surface area contributed by atoms with E-state index in [1.807, 2.05) is 37.4 Å². The van der Waals surface area contributed by atoms with Crippen LogP contribution in [0, 0.1) is 0 Å². The highest BCUT2D eigenvalue weighted by molar-refractivity contribution is 8.00. The fourth-order valence-electron chi connectivity index (χ4n) is 1.82. The van der Waals surface area contributed by atoms with Gasteiger partial charge in [-0.15, -0.1) is 10.2 Å².